The summed E-state index contributed by atoms with van der Waals surface area (Å²) in [6.45, 7) is 4.88. The molecular weight excluding hydrogens is 278 g/mol. The Kier molecular flexibility index (Phi) is 4.94. The van der Waals surface area contributed by atoms with Crippen molar-refractivity contribution in [2.75, 3.05) is 13.1 Å². The van der Waals surface area contributed by atoms with E-state index in [2.05, 4.69) is 9.97 Å². The second-order valence-electron chi connectivity index (χ2n) is 5.20. The molecule has 1 aliphatic heterocycles. The van der Waals surface area contributed by atoms with Crippen molar-refractivity contribution in [3.8, 4) is 0 Å². The number of hydrogen-bond donors (Lipinski definition) is 1. The summed E-state index contributed by atoms with van der Waals surface area (Å²) in [7, 11) is 0. The largest absolute Gasteiger partial charge is 0.392 e. The molecule has 5 nitrogen and oxygen atoms in total. The van der Waals surface area contributed by atoms with Crippen molar-refractivity contribution in [2.45, 2.75) is 44.6 Å². The number of carbonyl (C=O) groups is 1. The van der Waals surface area contributed by atoms with Gasteiger partial charge in [0.15, 0.2) is 0 Å². The molecule has 0 bridgehead atoms. The number of piperidine rings is 1. The number of halogens is 1. The van der Waals surface area contributed by atoms with Gasteiger partial charge in [0.1, 0.15) is 11.2 Å². The quantitative estimate of drug-likeness (QED) is 0.861. The standard InChI is InChI=1S/C14H20ClN3O2/c1-9(15)14(20)18-5-3-11(4-6-18)13-12(8-19)7-16-10(2)17-13/h7,9,11,19H,3-6,8H2,1-2H3. The van der Waals surface area contributed by atoms with Crippen molar-refractivity contribution in [1.82, 2.24) is 14.9 Å². The van der Waals surface area contributed by atoms with Gasteiger partial charge >= 0.3 is 0 Å². The molecule has 2 rings (SSSR count). The van der Waals surface area contributed by atoms with Gasteiger partial charge in [0.2, 0.25) is 5.91 Å². The lowest BCUT2D eigenvalue weighted by molar-refractivity contribution is -0.131. The average molecular weight is 298 g/mol. The number of aryl methyl sites for hydroxylation is 1. The minimum absolute atomic E-state index is 0.00799. The Balaban J connectivity index is 2.07. The van der Waals surface area contributed by atoms with Crippen LogP contribution < -0.4 is 0 Å². The van der Waals surface area contributed by atoms with E-state index in [1.807, 2.05) is 6.92 Å². The third-order valence-corrected chi connectivity index (χ3v) is 3.91. The van der Waals surface area contributed by atoms with Crippen LogP contribution in [-0.2, 0) is 11.4 Å². The zero-order valence-electron chi connectivity index (χ0n) is 11.8. The number of amides is 1. The summed E-state index contributed by atoms with van der Waals surface area (Å²) >= 11 is 5.84. The van der Waals surface area contributed by atoms with Gasteiger partial charge in [-0.15, -0.1) is 11.6 Å². The molecule has 1 aromatic rings. The van der Waals surface area contributed by atoms with E-state index >= 15 is 0 Å². The van der Waals surface area contributed by atoms with Gasteiger partial charge in [-0.2, -0.15) is 0 Å². The molecule has 0 radical (unpaired) electrons. The van der Waals surface area contributed by atoms with Gasteiger partial charge in [0.05, 0.1) is 12.3 Å². The number of carbonyl (C=O) groups excluding carboxylic acids is 1. The molecular formula is C14H20ClN3O2. The van der Waals surface area contributed by atoms with E-state index in [1.54, 1.807) is 18.0 Å². The zero-order chi connectivity index (χ0) is 14.7. The van der Waals surface area contributed by atoms with Gasteiger partial charge in [-0.25, -0.2) is 9.97 Å². The predicted molar refractivity (Wildman–Crippen MR) is 76.6 cm³/mol. The number of nitrogens with zero attached hydrogens (tertiary/aromatic N) is 3. The fraction of sp³-hybridized carbons (Fsp3) is 0.643. The fourth-order valence-electron chi connectivity index (χ4n) is 2.61. The van der Waals surface area contributed by atoms with E-state index in [0.717, 1.165) is 24.1 Å². The molecule has 1 N–H and O–H groups in total. The molecule has 1 saturated heterocycles. The van der Waals surface area contributed by atoms with Crippen molar-refractivity contribution in [3.05, 3.63) is 23.3 Å². The number of hydrogen-bond acceptors (Lipinski definition) is 4. The van der Waals surface area contributed by atoms with E-state index in [9.17, 15) is 9.90 Å². The summed E-state index contributed by atoms with van der Waals surface area (Å²) in [5.41, 5.74) is 1.71. The van der Waals surface area contributed by atoms with E-state index in [4.69, 9.17) is 11.6 Å². The highest BCUT2D eigenvalue weighted by Crippen LogP contribution is 2.29. The first-order chi connectivity index (χ1) is 9.52. The molecule has 110 valence electrons. The van der Waals surface area contributed by atoms with Crippen molar-refractivity contribution in [2.24, 2.45) is 0 Å². The normalized spacial score (nSPS) is 18.1. The first-order valence-corrected chi connectivity index (χ1v) is 7.32. The van der Waals surface area contributed by atoms with Crippen molar-refractivity contribution in [3.63, 3.8) is 0 Å². The van der Waals surface area contributed by atoms with Gasteiger partial charge in [0.25, 0.3) is 0 Å². The van der Waals surface area contributed by atoms with Crippen molar-refractivity contribution >= 4 is 17.5 Å². The van der Waals surface area contributed by atoms with Gasteiger partial charge in [-0.05, 0) is 26.7 Å². The van der Waals surface area contributed by atoms with Gasteiger partial charge < -0.3 is 10.0 Å². The van der Waals surface area contributed by atoms with Gasteiger partial charge in [-0.3, -0.25) is 4.79 Å². The molecule has 2 heterocycles. The molecule has 0 aliphatic carbocycles. The number of aliphatic hydroxyl groups is 1. The number of rotatable bonds is 3. The minimum atomic E-state index is -0.471. The van der Waals surface area contributed by atoms with Crippen LogP contribution >= 0.6 is 11.6 Å². The molecule has 1 amide bonds. The Morgan fingerprint density at radius 2 is 2.20 bits per heavy atom. The van der Waals surface area contributed by atoms with Crippen LogP contribution in [0.3, 0.4) is 0 Å². The molecule has 0 saturated carbocycles. The third kappa shape index (κ3) is 3.27. The van der Waals surface area contributed by atoms with E-state index in [0.29, 0.717) is 18.9 Å². The van der Waals surface area contributed by atoms with E-state index in [-0.39, 0.29) is 18.4 Å². The molecule has 6 heteroatoms. The second kappa shape index (κ2) is 6.50. The molecule has 1 aliphatic rings. The molecule has 0 aromatic carbocycles. The number of alkyl halides is 1. The third-order valence-electron chi connectivity index (χ3n) is 3.72. The lowest BCUT2D eigenvalue weighted by Crippen LogP contribution is -2.41. The Bertz CT molecular complexity index is 485. The summed E-state index contributed by atoms with van der Waals surface area (Å²) in [5.74, 6) is 0.977. The maximum atomic E-state index is 11.8. The van der Waals surface area contributed by atoms with E-state index < -0.39 is 5.38 Å². The number of aliphatic hydroxyl groups excluding tert-OH is 1. The van der Waals surface area contributed by atoms with E-state index in [1.165, 1.54) is 0 Å². The van der Waals surface area contributed by atoms with Crippen LogP contribution in [0.15, 0.2) is 6.20 Å². The highest BCUT2D eigenvalue weighted by atomic mass is 35.5. The SMILES string of the molecule is Cc1ncc(CO)c(C2CCN(C(=O)C(C)Cl)CC2)n1. The van der Waals surface area contributed by atoms with Crippen LogP contribution in [0.25, 0.3) is 0 Å². The number of likely N-dealkylation sites (tertiary alicyclic amines) is 1. The predicted octanol–water partition coefficient (Wildman–Crippen LogP) is 1.61. The Labute approximate surface area is 124 Å². The number of aromatic nitrogens is 2. The Morgan fingerprint density at radius 3 is 2.75 bits per heavy atom. The molecule has 1 fully saturated rings. The van der Waals surface area contributed by atoms with Crippen LogP contribution in [0.1, 0.15) is 42.8 Å². The van der Waals surface area contributed by atoms with Crippen LogP contribution in [0.5, 0.6) is 0 Å². The van der Waals surface area contributed by atoms with Crippen LogP contribution in [-0.4, -0.2) is 44.3 Å². The summed E-state index contributed by atoms with van der Waals surface area (Å²) < 4.78 is 0. The molecule has 1 atom stereocenters. The molecule has 1 aromatic heterocycles. The zero-order valence-corrected chi connectivity index (χ0v) is 12.6. The summed E-state index contributed by atoms with van der Waals surface area (Å²) in [4.78, 5) is 22.2. The summed E-state index contributed by atoms with van der Waals surface area (Å²) in [5, 5.41) is 8.92. The molecule has 20 heavy (non-hydrogen) atoms. The fourth-order valence-corrected chi connectivity index (χ4v) is 2.75. The van der Waals surface area contributed by atoms with Gasteiger partial charge in [0, 0.05) is 30.8 Å². The first-order valence-electron chi connectivity index (χ1n) is 6.89. The average Bonchev–Trinajstić information content (AvgIpc) is 2.46. The molecule has 1 unspecified atom stereocenters. The first kappa shape index (κ1) is 15.2. The lowest BCUT2D eigenvalue weighted by Gasteiger charge is -2.33. The van der Waals surface area contributed by atoms with Gasteiger partial charge in [-0.1, -0.05) is 0 Å². The maximum Gasteiger partial charge on any atom is 0.240 e. The monoisotopic (exact) mass is 297 g/mol. The van der Waals surface area contributed by atoms with Crippen LogP contribution in [0.2, 0.25) is 0 Å². The highest BCUT2D eigenvalue weighted by molar-refractivity contribution is 6.30. The molecule has 0 spiro atoms. The lowest BCUT2D eigenvalue weighted by atomic mass is 9.91. The van der Waals surface area contributed by atoms with Crippen LogP contribution in [0, 0.1) is 6.92 Å². The maximum absolute atomic E-state index is 11.8. The summed E-state index contributed by atoms with van der Waals surface area (Å²) in [6, 6.07) is 0. The van der Waals surface area contributed by atoms with Crippen LogP contribution in [0.4, 0.5) is 0 Å². The second-order valence-corrected chi connectivity index (χ2v) is 5.86. The van der Waals surface area contributed by atoms with Crippen molar-refractivity contribution < 1.29 is 9.90 Å². The Hall–Kier alpha value is -1.20. The highest BCUT2D eigenvalue weighted by Gasteiger charge is 2.27. The Morgan fingerprint density at radius 1 is 1.55 bits per heavy atom. The topological polar surface area (TPSA) is 66.3 Å². The summed E-state index contributed by atoms with van der Waals surface area (Å²) in [6.07, 6.45) is 3.38. The minimum Gasteiger partial charge on any atom is -0.392 e. The smallest absolute Gasteiger partial charge is 0.240 e. The van der Waals surface area contributed by atoms with Crippen molar-refractivity contribution in [1.29, 1.82) is 0 Å².